The zero-order chi connectivity index (χ0) is 28.4. The van der Waals surface area contributed by atoms with Crippen molar-refractivity contribution < 1.29 is 8.83 Å². The predicted octanol–water partition coefficient (Wildman–Crippen LogP) is 11.9. The van der Waals surface area contributed by atoms with Crippen LogP contribution in [-0.2, 0) is 5.41 Å². The summed E-state index contributed by atoms with van der Waals surface area (Å²) < 4.78 is 15.5. The number of benzene rings is 6. The highest BCUT2D eigenvalue weighted by atomic mass is 79.9. The molecule has 10 rings (SSSR count). The fraction of sp³-hybridized carbons (Fsp3) is 0.0256. The van der Waals surface area contributed by atoms with Crippen molar-refractivity contribution in [2.24, 2.45) is 0 Å². The molecule has 4 heteroatoms. The normalized spacial score (nSPS) is 14.4. The van der Waals surface area contributed by atoms with Crippen LogP contribution >= 0.6 is 31.9 Å². The standard InChI is InChI=1S/C39H20Br2O2/c40-31-19-29-23(37-35(31)25-11-3-7-15-33(25)42-37)17-18-24-30(20-32(41)36-26-12-4-8-16-34(26)43-38(24)36)39(29)27-13-5-1-9-21(27)22-10-2-6-14-28(22)39/h1-20H. The van der Waals surface area contributed by atoms with Crippen LogP contribution in [0.5, 0.6) is 0 Å². The Morgan fingerprint density at radius 3 is 1.37 bits per heavy atom. The smallest absolute Gasteiger partial charge is 0.144 e. The zero-order valence-corrected chi connectivity index (χ0v) is 25.8. The van der Waals surface area contributed by atoms with Gasteiger partial charge in [0.05, 0.1) is 5.41 Å². The van der Waals surface area contributed by atoms with E-state index in [0.29, 0.717) is 0 Å². The molecule has 0 fully saturated rings. The van der Waals surface area contributed by atoms with Crippen LogP contribution < -0.4 is 0 Å². The van der Waals surface area contributed by atoms with Crippen LogP contribution in [0.15, 0.2) is 127 Å². The average Bonchev–Trinajstić information content (AvgIpc) is 3.68. The van der Waals surface area contributed by atoms with E-state index in [0.717, 1.165) is 63.9 Å². The number of halogens is 2. The molecule has 0 radical (unpaired) electrons. The molecule has 2 aliphatic carbocycles. The van der Waals surface area contributed by atoms with Crippen LogP contribution in [0, 0.1) is 0 Å². The van der Waals surface area contributed by atoms with Gasteiger partial charge in [-0.05, 0) is 57.6 Å². The fourth-order valence-electron chi connectivity index (χ4n) is 7.82. The summed E-state index contributed by atoms with van der Waals surface area (Å²) in [7, 11) is 0. The average molecular weight is 680 g/mol. The van der Waals surface area contributed by atoms with Gasteiger partial charge in [0.2, 0.25) is 0 Å². The van der Waals surface area contributed by atoms with Crippen LogP contribution in [0.4, 0.5) is 0 Å². The molecular formula is C39H20Br2O2. The number of hydrogen-bond acceptors (Lipinski definition) is 2. The van der Waals surface area contributed by atoms with Crippen molar-refractivity contribution in [1.82, 2.24) is 0 Å². The molecule has 0 N–H and O–H groups in total. The Balaban J connectivity index is 1.48. The predicted molar refractivity (Wildman–Crippen MR) is 183 cm³/mol. The molecule has 0 saturated heterocycles. The summed E-state index contributed by atoms with van der Waals surface area (Å²) in [4.78, 5) is 0. The summed E-state index contributed by atoms with van der Waals surface area (Å²) in [5, 5.41) is 4.39. The van der Waals surface area contributed by atoms with E-state index in [4.69, 9.17) is 8.83 Å². The topological polar surface area (TPSA) is 26.3 Å². The Kier molecular flexibility index (Phi) is 4.69. The lowest BCUT2D eigenvalue weighted by molar-refractivity contribution is 0.661. The lowest BCUT2D eigenvalue weighted by atomic mass is 9.65. The first-order valence-corrected chi connectivity index (χ1v) is 15.9. The Morgan fingerprint density at radius 1 is 0.465 bits per heavy atom. The summed E-state index contributed by atoms with van der Waals surface area (Å²) in [5.41, 5.74) is 12.4. The van der Waals surface area contributed by atoms with Gasteiger partial charge in [-0.25, -0.2) is 0 Å². The van der Waals surface area contributed by atoms with Gasteiger partial charge in [-0.1, -0.05) is 129 Å². The third-order valence-electron chi connectivity index (χ3n) is 9.46. The molecule has 0 unspecified atom stereocenters. The minimum atomic E-state index is -0.618. The van der Waals surface area contributed by atoms with Crippen molar-refractivity contribution in [3.8, 4) is 11.1 Å². The largest absolute Gasteiger partial charge is 0.455 e. The van der Waals surface area contributed by atoms with E-state index < -0.39 is 5.41 Å². The second-order valence-electron chi connectivity index (χ2n) is 11.4. The molecule has 43 heavy (non-hydrogen) atoms. The van der Waals surface area contributed by atoms with E-state index in [9.17, 15) is 0 Å². The molecule has 0 aliphatic heterocycles. The van der Waals surface area contributed by atoms with Gasteiger partial charge in [0.25, 0.3) is 0 Å². The maximum Gasteiger partial charge on any atom is 0.144 e. The monoisotopic (exact) mass is 678 g/mol. The van der Waals surface area contributed by atoms with Gasteiger partial charge in [0.15, 0.2) is 0 Å². The summed E-state index contributed by atoms with van der Waals surface area (Å²) in [6.07, 6.45) is 4.48. The van der Waals surface area contributed by atoms with Gasteiger partial charge < -0.3 is 8.83 Å². The van der Waals surface area contributed by atoms with E-state index in [1.807, 2.05) is 24.3 Å². The Bertz CT molecular complexity index is 2370. The summed E-state index contributed by atoms with van der Waals surface area (Å²) >= 11 is 8.04. The molecule has 2 heterocycles. The Morgan fingerprint density at radius 2 is 0.884 bits per heavy atom. The summed E-state index contributed by atoms with van der Waals surface area (Å²) in [6, 6.07) is 38.9. The maximum atomic E-state index is 6.71. The second kappa shape index (κ2) is 8.37. The van der Waals surface area contributed by atoms with Crippen molar-refractivity contribution in [2.75, 3.05) is 0 Å². The molecule has 0 saturated carbocycles. The minimum absolute atomic E-state index is 0.618. The number of fused-ring (bicyclic) bond motifs is 17. The first kappa shape index (κ1) is 24.1. The molecular weight excluding hydrogens is 660 g/mol. The number of rotatable bonds is 0. The maximum absolute atomic E-state index is 6.71. The molecule has 202 valence electrons. The highest BCUT2D eigenvalue weighted by Crippen LogP contribution is 2.61. The van der Waals surface area contributed by atoms with Crippen LogP contribution in [0.1, 0.15) is 33.4 Å². The highest BCUT2D eigenvalue weighted by Gasteiger charge is 2.50. The number of para-hydroxylation sites is 2. The molecule has 2 aromatic heterocycles. The van der Waals surface area contributed by atoms with Crippen molar-refractivity contribution in [3.63, 3.8) is 0 Å². The molecule has 8 aromatic rings. The third-order valence-corrected chi connectivity index (χ3v) is 10.7. The second-order valence-corrected chi connectivity index (χ2v) is 13.1. The highest BCUT2D eigenvalue weighted by molar-refractivity contribution is 9.11. The van der Waals surface area contributed by atoms with Gasteiger partial charge in [-0.3, -0.25) is 0 Å². The van der Waals surface area contributed by atoms with Crippen LogP contribution in [0.25, 0.3) is 67.2 Å². The quantitative estimate of drug-likeness (QED) is 0.159. The third kappa shape index (κ3) is 2.89. The van der Waals surface area contributed by atoms with Crippen molar-refractivity contribution in [3.05, 3.63) is 152 Å². The van der Waals surface area contributed by atoms with Crippen molar-refractivity contribution in [1.29, 1.82) is 0 Å². The van der Waals surface area contributed by atoms with Crippen molar-refractivity contribution in [2.45, 2.75) is 5.41 Å². The van der Waals surface area contributed by atoms with E-state index >= 15 is 0 Å². The Hall–Kier alpha value is -4.38. The summed E-state index contributed by atoms with van der Waals surface area (Å²) in [5.74, 6) is 0. The molecule has 0 atom stereocenters. The molecule has 2 aliphatic rings. The fourth-order valence-corrected chi connectivity index (χ4v) is 9.07. The van der Waals surface area contributed by atoms with E-state index in [1.165, 1.54) is 33.4 Å². The van der Waals surface area contributed by atoms with E-state index in [1.54, 1.807) is 0 Å². The van der Waals surface area contributed by atoms with Gasteiger partial charge in [-0.15, -0.1) is 0 Å². The zero-order valence-electron chi connectivity index (χ0n) is 22.6. The lowest BCUT2D eigenvalue weighted by Gasteiger charge is -2.35. The van der Waals surface area contributed by atoms with Gasteiger partial charge in [-0.2, -0.15) is 0 Å². The van der Waals surface area contributed by atoms with Crippen LogP contribution in [0.3, 0.4) is 0 Å². The SMILES string of the molecule is Brc1cc2c(c3oc4ccccc4c13)C=Cc1c(cc(Br)c3c1oc1ccccc13)C21c2ccccc2-c2ccccc21. The van der Waals surface area contributed by atoms with Crippen LogP contribution in [-0.4, -0.2) is 0 Å². The first-order chi connectivity index (χ1) is 21.2. The van der Waals surface area contributed by atoms with Crippen molar-refractivity contribution >= 4 is 87.9 Å². The molecule has 6 aromatic carbocycles. The number of furan rings is 2. The lowest BCUT2D eigenvalue weighted by Crippen LogP contribution is -2.30. The molecule has 0 amide bonds. The van der Waals surface area contributed by atoms with E-state index in [-0.39, 0.29) is 0 Å². The van der Waals surface area contributed by atoms with Gasteiger partial charge in [0, 0.05) is 41.6 Å². The molecule has 1 spiro atoms. The van der Waals surface area contributed by atoms with Gasteiger partial charge in [0.1, 0.15) is 22.3 Å². The van der Waals surface area contributed by atoms with E-state index in [2.05, 4.69) is 129 Å². The molecule has 0 bridgehead atoms. The van der Waals surface area contributed by atoms with Crippen LogP contribution in [0.2, 0.25) is 0 Å². The van der Waals surface area contributed by atoms with Gasteiger partial charge >= 0.3 is 0 Å². The summed E-state index contributed by atoms with van der Waals surface area (Å²) in [6.45, 7) is 0. The molecule has 2 nitrogen and oxygen atoms in total. The minimum Gasteiger partial charge on any atom is -0.455 e. The number of hydrogen-bond donors (Lipinski definition) is 0. The Labute approximate surface area is 263 Å². The first-order valence-electron chi connectivity index (χ1n) is 14.3.